The predicted molar refractivity (Wildman–Crippen MR) is 118 cm³/mol. The number of fused-ring (bicyclic) bond motifs is 3. The van der Waals surface area contributed by atoms with Gasteiger partial charge in [-0.2, -0.15) is 0 Å². The highest BCUT2D eigenvalue weighted by molar-refractivity contribution is 7.17. The van der Waals surface area contributed by atoms with Crippen molar-refractivity contribution in [3.05, 3.63) is 68.6 Å². The molecule has 1 atom stereocenters. The Bertz CT molecular complexity index is 1010. The molecule has 154 valence electrons. The van der Waals surface area contributed by atoms with E-state index >= 15 is 0 Å². The molecule has 3 N–H and O–H groups in total. The van der Waals surface area contributed by atoms with E-state index < -0.39 is 0 Å². The number of nitrogens with zero attached hydrogens (tertiary/aromatic N) is 2. The Kier molecular flexibility index (Phi) is 6.43. The van der Waals surface area contributed by atoms with Crippen LogP contribution in [0.25, 0.3) is 4.96 Å². The summed E-state index contributed by atoms with van der Waals surface area (Å²) >= 11 is 1.71. The fraction of sp³-hybridized carbons (Fsp3) is 0.478. The summed E-state index contributed by atoms with van der Waals surface area (Å²) < 4.78 is 1.86. The van der Waals surface area contributed by atoms with E-state index in [0.717, 1.165) is 49.7 Å². The van der Waals surface area contributed by atoms with Gasteiger partial charge in [0.15, 0.2) is 11.0 Å². The molecule has 0 amide bonds. The average Bonchev–Trinajstić information content (AvgIpc) is 3.13. The molecule has 0 unspecified atom stereocenters. The quantitative estimate of drug-likeness (QED) is 0.587. The summed E-state index contributed by atoms with van der Waals surface area (Å²) in [5, 5.41) is 2.35. The lowest BCUT2D eigenvalue weighted by molar-refractivity contribution is -0.919. The first-order valence-corrected chi connectivity index (χ1v) is 11.8. The summed E-state index contributed by atoms with van der Waals surface area (Å²) in [6.07, 6.45) is 4.49. The molecule has 3 aromatic rings. The van der Waals surface area contributed by atoms with Crippen LogP contribution in [0.5, 0.6) is 0 Å². The number of nitrogens with one attached hydrogen (secondary N) is 1. The summed E-state index contributed by atoms with van der Waals surface area (Å²) in [5.41, 5.74) is 3.53. The number of aryl methyl sites for hydroxylation is 2. The molecule has 4 rings (SSSR count). The second kappa shape index (κ2) is 9.20. The summed E-state index contributed by atoms with van der Waals surface area (Å²) in [6, 6.07) is 12.8. The van der Waals surface area contributed by atoms with Gasteiger partial charge in [0.2, 0.25) is 0 Å². The Hall–Kier alpha value is -2.02. The number of nitrogens with two attached hydrogens (primary N) is 1. The zero-order valence-electron chi connectivity index (χ0n) is 17.5. The number of aromatic nitrogens is 2. The third kappa shape index (κ3) is 4.44. The van der Waals surface area contributed by atoms with Crippen LogP contribution in [0.2, 0.25) is 0 Å². The largest absolute Gasteiger partial charge is 0.330 e. The van der Waals surface area contributed by atoms with Crippen molar-refractivity contribution in [3.63, 3.8) is 0 Å². The van der Waals surface area contributed by atoms with Crippen molar-refractivity contribution in [2.24, 2.45) is 0 Å². The Morgan fingerprint density at radius 1 is 1.17 bits per heavy atom. The molecule has 0 bridgehead atoms. The van der Waals surface area contributed by atoms with Gasteiger partial charge in [0, 0.05) is 22.2 Å². The van der Waals surface area contributed by atoms with Crippen LogP contribution in [0.15, 0.2) is 41.2 Å². The van der Waals surface area contributed by atoms with Crippen molar-refractivity contribution in [1.82, 2.24) is 9.38 Å². The van der Waals surface area contributed by atoms with Crippen molar-refractivity contribution < 1.29 is 10.2 Å². The highest BCUT2D eigenvalue weighted by Crippen LogP contribution is 2.28. The van der Waals surface area contributed by atoms with Gasteiger partial charge in [-0.3, -0.25) is 9.20 Å². The van der Waals surface area contributed by atoms with Crippen molar-refractivity contribution in [3.8, 4) is 0 Å². The molecule has 2 aromatic heterocycles. The van der Waals surface area contributed by atoms with E-state index in [1.165, 1.54) is 29.0 Å². The first-order chi connectivity index (χ1) is 14.2. The Morgan fingerprint density at radius 2 is 1.93 bits per heavy atom. The van der Waals surface area contributed by atoms with Crippen molar-refractivity contribution in [1.29, 1.82) is 0 Å². The normalized spacial score (nSPS) is 15.0. The molecule has 0 spiro atoms. The number of likely N-dealkylation sites (N-methyl/N-ethyl adjacent to an activating group) is 1. The molecule has 6 heteroatoms. The van der Waals surface area contributed by atoms with Crippen LogP contribution in [-0.2, 0) is 19.4 Å². The van der Waals surface area contributed by atoms with Gasteiger partial charge >= 0.3 is 0 Å². The maximum Gasteiger partial charge on any atom is 0.259 e. The standard InChI is InChI=1S/C23H30N4OS/c1-3-26(4-2)16-19(17-10-6-5-7-11-17)24-15-18-14-22(28)27-20-12-8-9-13-21(20)29-23(27)25-18/h5-7,10-11,14,19,24H,3-4,8-9,12-13,15-16H2,1-2H3/p+2/t19-/m1/s1. The predicted octanol–water partition coefficient (Wildman–Crippen LogP) is 1.36. The number of benzene rings is 1. The molecule has 2 heterocycles. The van der Waals surface area contributed by atoms with Crippen LogP contribution in [0, 0.1) is 0 Å². The maximum absolute atomic E-state index is 12.8. The molecule has 1 aliphatic rings. The smallest absolute Gasteiger partial charge is 0.259 e. The molecular weight excluding hydrogens is 380 g/mol. The molecule has 1 aromatic carbocycles. The molecule has 0 fully saturated rings. The first kappa shape index (κ1) is 20.3. The topological polar surface area (TPSA) is 55.4 Å². The SMILES string of the molecule is CC[NH+](CC)C[C@@H]([NH2+]Cc1cc(=O)n2c3c(sc2n1)CCCC3)c1ccccc1. The van der Waals surface area contributed by atoms with Crippen LogP contribution < -0.4 is 15.8 Å². The second-order valence-corrected chi connectivity index (χ2v) is 9.06. The van der Waals surface area contributed by atoms with Crippen molar-refractivity contribution in [2.45, 2.75) is 52.1 Å². The Morgan fingerprint density at radius 3 is 2.69 bits per heavy atom. The molecule has 0 saturated heterocycles. The lowest BCUT2D eigenvalue weighted by Crippen LogP contribution is -3.14. The number of rotatable bonds is 8. The van der Waals surface area contributed by atoms with Gasteiger partial charge in [-0.25, -0.2) is 4.98 Å². The Balaban J connectivity index is 1.56. The minimum atomic E-state index is 0.0865. The molecule has 5 nitrogen and oxygen atoms in total. The van der Waals surface area contributed by atoms with Crippen LogP contribution >= 0.6 is 11.3 Å². The monoisotopic (exact) mass is 412 g/mol. The van der Waals surface area contributed by atoms with Gasteiger partial charge in [-0.1, -0.05) is 30.3 Å². The van der Waals surface area contributed by atoms with Gasteiger partial charge in [0.05, 0.1) is 13.1 Å². The number of hydrogen-bond acceptors (Lipinski definition) is 3. The number of thiazole rings is 1. The molecule has 1 aliphatic carbocycles. The lowest BCUT2D eigenvalue weighted by atomic mass is 10.0. The zero-order valence-corrected chi connectivity index (χ0v) is 18.3. The minimum Gasteiger partial charge on any atom is -0.330 e. The van der Waals surface area contributed by atoms with Crippen LogP contribution in [0.1, 0.15) is 54.6 Å². The van der Waals surface area contributed by atoms with E-state index in [1.807, 2.05) is 4.40 Å². The van der Waals surface area contributed by atoms with Gasteiger partial charge in [-0.05, 0) is 39.5 Å². The minimum absolute atomic E-state index is 0.0865. The van der Waals surface area contributed by atoms with E-state index in [4.69, 9.17) is 4.98 Å². The van der Waals surface area contributed by atoms with E-state index in [-0.39, 0.29) is 5.56 Å². The summed E-state index contributed by atoms with van der Waals surface area (Å²) in [4.78, 5) is 21.5. The van der Waals surface area contributed by atoms with E-state index in [0.29, 0.717) is 6.04 Å². The lowest BCUT2D eigenvalue weighted by Gasteiger charge is -2.21. The van der Waals surface area contributed by atoms with Gasteiger partial charge < -0.3 is 10.2 Å². The van der Waals surface area contributed by atoms with Crippen molar-refractivity contribution in [2.75, 3.05) is 19.6 Å². The second-order valence-electron chi connectivity index (χ2n) is 8.00. The third-order valence-corrected chi connectivity index (χ3v) is 7.31. The van der Waals surface area contributed by atoms with Gasteiger partial charge in [-0.15, -0.1) is 11.3 Å². The molecular formula is C23H32N4OS+2. The highest BCUT2D eigenvalue weighted by atomic mass is 32.1. The fourth-order valence-electron chi connectivity index (χ4n) is 4.40. The van der Waals surface area contributed by atoms with Gasteiger partial charge in [0.25, 0.3) is 5.56 Å². The maximum atomic E-state index is 12.8. The van der Waals surface area contributed by atoms with E-state index in [2.05, 4.69) is 49.5 Å². The van der Waals surface area contributed by atoms with Crippen LogP contribution in [-0.4, -0.2) is 29.0 Å². The highest BCUT2D eigenvalue weighted by Gasteiger charge is 2.22. The van der Waals surface area contributed by atoms with Crippen molar-refractivity contribution >= 4 is 16.3 Å². The molecule has 0 saturated carbocycles. The average molecular weight is 413 g/mol. The van der Waals surface area contributed by atoms with Crippen LogP contribution in [0.4, 0.5) is 0 Å². The summed E-state index contributed by atoms with van der Waals surface area (Å²) in [5.74, 6) is 0. The number of hydrogen-bond donors (Lipinski definition) is 2. The first-order valence-electron chi connectivity index (χ1n) is 10.9. The summed E-state index contributed by atoms with van der Waals surface area (Å²) in [6.45, 7) is 8.55. The zero-order chi connectivity index (χ0) is 20.2. The summed E-state index contributed by atoms with van der Waals surface area (Å²) in [7, 11) is 0. The molecule has 0 radical (unpaired) electrons. The number of quaternary nitrogens is 2. The van der Waals surface area contributed by atoms with Gasteiger partial charge in [0.1, 0.15) is 18.8 Å². The fourth-order valence-corrected chi connectivity index (χ4v) is 5.63. The molecule has 29 heavy (non-hydrogen) atoms. The van der Waals surface area contributed by atoms with Crippen LogP contribution in [0.3, 0.4) is 0 Å². The van der Waals surface area contributed by atoms with E-state index in [1.54, 1.807) is 22.3 Å². The molecule has 0 aliphatic heterocycles. The van der Waals surface area contributed by atoms with E-state index in [9.17, 15) is 4.79 Å². The third-order valence-electron chi connectivity index (χ3n) is 6.16. The Labute approximate surface area is 176 Å².